The number of nitrogens with one attached hydrogen (secondary N) is 2. The average molecular weight is 210 g/mol. The minimum Gasteiger partial charge on any atom is -0.314 e. The second-order valence-corrected chi connectivity index (χ2v) is 5.49. The second-order valence-electron chi connectivity index (χ2n) is 5.49. The molecule has 0 radical (unpaired) electrons. The Morgan fingerprint density at radius 2 is 2.27 bits per heavy atom. The SMILES string of the molecule is CCCCC(C)NCC1CC2CCC1N2. The molecule has 0 saturated carbocycles. The van der Waals surface area contributed by atoms with E-state index in [1.165, 1.54) is 45.1 Å². The zero-order chi connectivity index (χ0) is 10.7. The Morgan fingerprint density at radius 3 is 2.87 bits per heavy atom. The maximum Gasteiger partial charge on any atom is 0.0111 e. The van der Waals surface area contributed by atoms with Gasteiger partial charge in [-0.05, 0) is 45.1 Å². The number of fused-ring (bicyclic) bond motifs is 2. The predicted molar refractivity (Wildman–Crippen MR) is 65.0 cm³/mol. The van der Waals surface area contributed by atoms with Crippen LogP contribution < -0.4 is 10.6 Å². The van der Waals surface area contributed by atoms with Crippen molar-refractivity contribution in [1.29, 1.82) is 0 Å². The summed E-state index contributed by atoms with van der Waals surface area (Å²) < 4.78 is 0. The van der Waals surface area contributed by atoms with Gasteiger partial charge in [-0.15, -0.1) is 0 Å². The van der Waals surface area contributed by atoms with Crippen molar-refractivity contribution < 1.29 is 0 Å². The molecule has 0 aromatic rings. The monoisotopic (exact) mass is 210 g/mol. The molecule has 2 saturated heterocycles. The molecule has 88 valence electrons. The molecule has 2 N–H and O–H groups in total. The van der Waals surface area contributed by atoms with E-state index >= 15 is 0 Å². The first-order chi connectivity index (χ1) is 7.29. The smallest absolute Gasteiger partial charge is 0.0111 e. The van der Waals surface area contributed by atoms with Gasteiger partial charge in [0.1, 0.15) is 0 Å². The highest BCUT2D eigenvalue weighted by atomic mass is 15.0. The number of hydrogen-bond acceptors (Lipinski definition) is 2. The van der Waals surface area contributed by atoms with Crippen LogP contribution in [0.3, 0.4) is 0 Å². The first-order valence-electron chi connectivity index (χ1n) is 6.79. The summed E-state index contributed by atoms with van der Waals surface area (Å²) in [7, 11) is 0. The standard InChI is InChI=1S/C13H26N2/c1-3-4-5-10(2)14-9-11-8-12-6-7-13(11)15-12/h10-15H,3-9H2,1-2H3. The van der Waals surface area contributed by atoms with Crippen LogP contribution in [-0.2, 0) is 0 Å². The lowest BCUT2D eigenvalue weighted by Crippen LogP contribution is -2.36. The van der Waals surface area contributed by atoms with Crippen molar-refractivity contribution in [1.82, 2.24) is 10.6 Å². The van der Waals surface area contributed by atoms with Crippen molar-refractivity contribution in [2.24, 2.45) is 5.92 Å². The van der Waals surface area contributed by atoms with Gasteiger partial charge in [-0.1, -0.05) is 19.8 Å². The molecule has 0 aromatic heterocycles. The third kappa shape index (κ3) is 2.94. The van der Waals surface area contributed by atoms with Crippen molar-refractivity contribution in [2.45, 2.75) is 70.5 Å². The zero-order valence-electron chi connectivity index (χ0n) is 10.3. The first kappa shape index (κ1) is 11.4. The highest BCUT2D eigenvalue weighted by Gasteiger charge is 2.38. The van der Waals surface area contributed by atoms with E-state index in [9.17, 15) is 0 Å². The molecule has 0 amide bonds. The summed E-state index contributed by atoms with van der Waals surface area (Å²) in [6.07, 6.45) is 8.28. The first-order valence-corrected chi connectivity index (χ1v) is 6.79. The van der Waals surface area contributed by atoms with Gasteiger partial charge in [0.15, 0.2) is 0 Å². The number of unbranched alkanes of at least 4 members (excludes halogenated alkanes) is 1. The number of rotatable bonds is 6. The van der Waals surface area contributed by atoms with Gasteiger partial charge in [-0.3, -0.25) is 0 Å². The summed E-state index contributed by atoms with van der Waals surface area (Å²) in [5, 5.41) is 7.41. The molecule has 2 bridgehead atoms. The van der Waals surface area contributed by atoms with Crippen LogP contribution >= 0.6 is 0 Å². The summed E-state index contributed by atoms with van der Waals surface area (Å²) in [5.74, 6) is 0.910. The van der Waals surface area contributed by atoms with Gasteiger partial charge in [0, 0.05) is 18.1 Å². The molecule has 2 heteroatoms. The Labute approximate surface area is 94.2 Å². The Kier molecular flexibility index (Phi) is 4.04. The Morgan fingerprint density at radius 1 is 1.40 bits per heavy atom. The maximum absolute atomic E-state index is 3.70. The topological polar surface area (TPSA) is 24.1 Å². The van der Waals surface area contributed by atoms with Crippen LogP contribution in [0.5, 0.6) is 0 Å². The van der Waals surface area contributed by atoms with Crippen LogP contribution in [0.15, 0.2) is 0 Å². The predicted octanol–water partition coefficient (Wildman–Crippen LogP) is 2.30. The largest absolute Gasteiger partial charge is 0.314 e. The van der Waals surface area contributed by atoms with E-state index in [4.69, 9.17) is 0 Å². The van der Waals surface area contributed by atoms with Crippen molar-refractivity contribution in [3.63, 3.8) is 0 Å². The Balaban J connectivity index is 1.61. The summed E-state index contributed by atoms with van der Waals surface area (Å²) in [4.78, 5) is 0. The Bertz CT molecular complexity index is 193. The van der Waals surface area contributed by atoms with Gasteiger partial charge in [0.25, 0.3) is 0 Å². The molecule has 0 aromatic carbocycles. The minimum absolute atomic E-state index is 0.712. The second kappa shape index (κ2) is 5.31. The van der Waals surface area contributed by atoms with Crippen LogP contribution in [0.4, 0.5) is 0 Å². The molecule has 15 heavy (non-hydrogen) atoms. The van der Waals surface area contributed by atoms with Crippen LogP contribution in [0.1, 0.15) is 52.4 Å². The van der Waals surface area contributed by atoms with Crippen molar-refractivity contribution in [3.05, 3.63) is 0 Å². The maximum atomic E-state index is 3.70. The van der Waals surface area contributed by atoms with Crippen molar-refractivity contribution in [3.8, 4) is 0 Å². The van der Waals surface area contributed by atoms with E-state index < -0.39 is 0 Å². The fourth-order valence-electron chi connectivity index (χ4n) is 3.13. The third-order valence-electron chi connectivity index (χ3n) is 4.15. The molecule has 2 heterocycles. The van der Waals surface area contributed by atoms with E-state index in [0.29, 0.717) is 6.04 Å². The van der Waals surface area contributed by atoms with Gasteiger partial charge in [0.05, 0.1) is 0 Å². The summed E-state index contributed by atoms with van der Waals surface area (Å²) in [6, 6.07) is 2.40. The van der Waals surface area contributed by atoms with E-state index in [2.05, 4.69) is 24.5 Å². The van der Waals surface area contributed by atoms with Gasteiger partial charge < -0.3 is 10.6 Å². The fraction of sp³-hybridized carbons (Fsp3) is 1.00. The molecule has 2 rings (SSSR count). The lowest BCUT2D eigenvalue weighted by Gasteiger charge is -2.23. The molecule has 0 spiro atoms. The number of hydrogen-bond donors (Lipinski definition) is 2. The molecular weight excluding hydrogens is 184 g/mol. The Hall–Kier alpha value is -0.0800. The normalized spacial score (nSPS) is 36.0. The lowest BCUT2D eigenvalue weighted by molar-refractivity contribution is 0.358. The molecule has 2 aliphatic rings. The van der Waals surface area contributed by atoms with Crippen molar-refractivity contribution >= 4 is 0 Å². The van der Waals surface area contributed by atoms with E-state index in [1.807, 2.05) is 0 Å². The molecular formula is C13H26N2. The van der Waals surface area contributed by atoms with Gasteiger partial charge >= 0.3 is 0 Å². The zero-order valence-corrected chi connectivity index (χ0v) is 10.3. The minimum atomic E-state index is 0.712. The molecule has 4 atom stereocenters. The summed E-state index contributed by atoms with van der Waals surface area (Å²) in [6.45, 7) is 5.84. The molecule has 0 aliphatic carbocycles. The summed E-state index contributed by atoms with van der Waals surface area (Å²) >= 11 is 0. The van der Waals surface area contributed by atoms with Gasteiger partial charge in [0.2, 0.25) is 0 Å². The van der Waals surface area contributed by atoms with Crippen LogP contribution in [0.25, 0.3) is 0 Å². The highest BCUT2D eigenvalue weighted by molar-refractivity contribution is 4.98. The van der Waals surface area contributed by atoms with E-state index in [-0.39, 0.29) is 0 Å². The molecule has 2 nitrogen and oxygen atoms in total. The van der Waals surface area contributed by atoms with Gasteiger partial charge in [-0.25, -0.2) is 0 Å². The average Bonchev–Trinajstić information content (AvgIpc) is 2.84. The lowest BCUT2D eigenvalue weighted by atomic mass is 9.89. The van der Waals surface area contributed by atoms with Crippen molar-refractivity contribution in [2.75, 3.05) is 6.54 Å². The fourth-order valence-corrected chi connectivity index (χ4v) is 3.13. The summed E-state index contributed by atoms with van der Waals surface area (Å²) in [5.41, 5.74) is 0. The molecule has 2 aliphatic heterocycles. The quantitative estimate of drug-likeness (QED) is 0.703. The van der Waals surface area contributed by atoms with Crippen LogP contribution in [0.2, 0.25) is 0 Å². The van der Waals surface area contributed by atoms with E-state index in [0.717, 1.165) is 18.0 Å². The van der Waals surface area contributed by atoms with Crippen LogP contribution in [-0.4, -0.2) is 24.7 Å². The third-order valence-corrected chi connectivity index (χ3v) is 4.15. The molecule has 2 fully saturated rings. The highest BCUT2D eigenvalue weighted by Crippen LogP contribution is 2.32. The van der Waals surface area contributed by atoms with E-state index in [1.54, 1.807) is 0 Å². The van der Waals surface area contributed by atoms with Crippen LogP contribution in [0, 0.1) is 5.92 Å². The molecule has 4 unspecified atom stereocenters. The van der Waals surface area contributed by atoms with Gasteiger partial charge in [-0.2, -0.15) is 0 Å².